The highest BCUT2D eigenvalue weighted by Gasteiger charge is 2.28. The van der Waals surface area contributed by atoms with Crippen LogP contribution in [0, 0.1) is 11.8 Å². The number of rotatable bonds is 12. The van der Waals surface area contributed by atoms with Crippen LogP contribution in [0.3, 0.4) is 0 Å². The number of pyridine rings is 1. The van der Waals surface area contributed by atoms with Crippen LogP contribution >= 0.6 is 0 Å². The van der Waals surface area contributed by atoms with Gasteiger partial charge in [0.05, 0.1) is 31.4 Å². The van der Waals surface area contributed by atoms with Crippen molar-refractivity contribution in [2.24, 2.45) is 16.8 Å². The number of halogens is 1. The van der Waals surface area contributed by atoms with E-state index in [-0.39, 0.29) is 36.7 Å². The zero-order chi connectivity index (χ0) is 24.6. The van der Waals surface area contributed by atoms with Crippen molar-refractivity contribution in [2.75, 3.05) is 20.8 Å². The number of aliphatic imine (C=N–C) groups is 1. The molecule has 0 saturated carbocycles. The highest BCUT2D eigenvalue weighted by molar-refractivity contribution is 6.14. The second-order valence-corrected chi connectivity index (χ2v) is 9.05. The smallest absolute Gasteiger partial charge is 0.256 e. The highest BCUT2D eigenvalue weighted by atomic mass is 19.1. The molecule has 2 N–H and O–H groups in total. The van der Waals surface area contributed by atoms with E-state index in [0.29, 0.717) is 18.2 Å². The molecule has 182 valence electrons. The summed E-state index contributed by atoms with van der Waals surface area (Å²) in [6.45, 7) is 9.44. The van der Waals surface area contributed by atoms with Gasteiger partial charge in [0.2, 0.25) is 0 Å². The molecule has 0 fully saturated rings. The van der Waals surface area contributed by atoms with E-state index in [0.717, 1.165) is 16.8 Å². The SMILES string of the molecule is CNC1C=CN=C(C(C)C(=O)C(C)C)/C1=C/NCc1cnc(OCCC(C)(C)F)c(OC)c1. The summed E-state index contributed by atoms with van der Waals surface area (Å²) in [4.78, 5) is 21.4. The molecule has 2 unspecified atom stereocenters. The van der Waals surface area contributed by atoms with Crippen LogP contribution < -0.4 is 20.1 Å². The molecule has 2 atom stereocenters. The van der Waals surface area contributed by atoms with Crippen LogP contribution in [0.5, 0.6) is 11.6 Å². The molecule has 33 heavy (non-hydrogen) atoms. The van der Waals surface area contributed by atoms with Gasteiger partial charge >= 0.3 is 0 Å². The van der Waals surface area contributed by atoms with Crippen LogP contribution in [0.15, 0.2) is 41.3 Å². The quantitative estimate of drug-likeness (QED) is 0.491. The minimum absolute atomic E-state index is 0.0457. The lowest BCUT2D eigenvalue weighted by Gasteiger charge is -2.25. The van der Waals surface area contributed by atoms with E-state index in [9.17, 15) is 9.18 Å². The van der Waals surface area contributed by atoms with Crippen molar-refractivity contribution >= 4 is 11.5 Å². The minimum atomic E-state index is -1.30. The monoisotopic (exact) mass is 460 g/mol. The predicted molar refractivity (Wildman–Crippen MR) is 129 cm³/mol. The summed E-state index contributed by atoms with van der Waals surface area (Å²) in [5.41, 5.74) is 1.27. The number of ketones is 1. The molecule has 0 bridgehead atoms. The van der Waals surface area contributed by atoms with Crippen molar-refractivity contribution in [2.45, 2.75) is 59.3 Å². The number of nitrogens with one attached hydrogen (secondary N) is 2. The first kappa shape index (κ1) is 26.5. The Labute approximate surface area is 196 Å². The lowest BCUT2D eigenvalue weighted by molar-refractivity contribution is -0.123. The fourth-order valence-corrected chi connectivity index (χ4v) is 3.45. The molecular weight excluding hydrogens is 423 g/mol. The van der Waals surface area contributed by atoms with Crippen molar-refractivity contribution < 1.29 is 18.7 Å². The fraction of sp³-hybridized carbons (Fsp3) is 0.560. The second-order valence-electron chi connectivity index (χ2n) is 9.05. The van der Waals surface area contributed by atoms with Gasteiger partial charge in [0.25, 0.3) is 5.88 Å². The van der Waals surface area contributed by atoms with Gasteiger partial charge in [0.15, 0.2) is 5.75 Å². The summed E-state index contributed by atoms with van der Waals surface area (Å²) >= 11 is 0. The van der Waals surface area contributed by atoms with Gasteiger partial charge in [0.1, 0.15) is 11.5 Å². The molecule has 1 aliphatic rings. The summed E-state index contributed by atoms with van der Waals surface area (Å²) in [7, 11) is 3.42. The van der Waals surface area contributed by atoms with Gasteiger partial charge in [-0.3, -0.25) is 9.79 Å². The van der Waals surface area contributed by atoms with Crippen LogP contribution in [0.1, 0.15) is 46.6 Å². The topological polar surface area (TPSA) is 84.8 Å². The van der Waals surface area contributed by atoms with Crippen molar-refractivity contribution in [1.82, 2.24) is 15.6 Å². The lowest BCUT2D eigenvalue weighted by atomic mass is 9.86. The number of carbonyl (C=O) groups excluding carboxylic acids is 1. The summed E-state index contributed by atoms with van der Waals surface area (Å²) in [5, 5.41) is 6.56. The normalized spacial score (nSPS) is 18.3. The first-order valence-electron chi connectivity index (χ1n) is 11.3. The van der Waals surface area contributed by atoms with Crippen molar-refractivity contribution in [1.29, 1.82) is 0 Å². The third kappa shape index (κ3) is 7.67. The Morgan fingerprint density at radius 3 is 2.67 bits per heavy atom. The van der Waals surface area contributed by atoms with Gasteiger partial charge in [-0.15, -0.1) is 0 Å². The van der Waals surface area contributed by atoms with Crippen molar-refractivity contribution in [3.63, 3.8) is 0 Å². The molecular formula is C25H37FN4O3. The molecule has 0 aliphatic carbocycles. The maximum absolute atomic E-state index is 13.7. The third-order valence-electron chi connectivity index (χ3n) is 5.43. The first-order valence-corrected chi connectivity index (χ1v) is 11.3. The number of hydrogen-bond donors (Lipinski definition) is 2. The number of ether oxygens (including phenoxy) is 2. The number of aromatic nitrogens is 1. The van der Waals surface area contributed by atoms with Crippen LogP contribution in [-0.2, 0) is 11.3 Å². The molecule has 1 aliphatic heterocycles. The Hall–Kier alpha value is -2.74. The number of methoxy groups -OCH3 is 1. The van der Waals surface area contributed by atoms with Crippen LogP contribution in [0.25, 0.3) is 0 Å². The summed E-state index contributed by atoms with van der Waals surface area (Å²) < 4.78 is 24.7. The molecule has 0 aromatic carbocycles. The molecule has 0 radical (unpaired) electrons. The van der Waals surface area contributed by atoms with E-state index in [2.05, 4.69) is 20.6 Å². The summed E-state index contributed by atoms with van der Waals surface area (Å²) in [6.07, 6.45) is 7.56. The maximum atomic E-state index is 13.7. The molecule has 0 spiro atoms. The first-order chi connectivity index (χ1) is 15.6. The Balaban J connectivity index is 2.11. The number of nitrogens with zero attached hydrogens (tertiary/aromatic N) is 2. The zero-order valence-corrected chi connectivity index (χ0v) is 20.7. The van der Waals surface area contributed by atoms with Gasteiger partial charge in [0, 0.05) is 43.1 Å². The lowest BCUT2D eigenvalue weighted by Crippen LogP contribution is -2.37. The molecule has 2 heterocycles. The molecule has 8 heteroatoms. The van der Waals surface area contributed by atoms with Crippen LogP contribution in [0.4, 0.5) is 4.39 Å². The van der Waals surface area contributed by atoms with Gasteiger partial charge in [-0.2, -0.15) is 0 Å². The van der Waals surface area contributed by atoms with E-state index in [1.54, 1.807) is 19.5 Å². The predicted octanol–water partition coefficient (Wildman–Crippen LogP) is 4.00. The van der Waals surface area contributed by atoms with E-state index in [1.807, 2.05) is 46.2 Å². The zero-order valence-electron chi connectivity index (χ0n) is 20.7. The Kier molecular flexibility index (Phi) is 9.58. The number of carbonyl (C=O) groups is 1. The van der Waals surface area contributed by atoms with Crippen LogP contribution in [-0.4, -0.2) is 49.0 Å². The average molecular weight is 461 g/mol. The number of Topliss-reactive ketones (excluding diaryl/α,β-unsaturated/α-hetero) is 1. The summed E-state index contributed by atoms with van der Waals surface area (Å²) in [5.74, 6) is 0.626. The van der Waals surface area contributed by atoms with Gasteiger partial charge in [-0.05, 0) is 45.5 Å². The molecule has 1 aromatic heterocycles. The molecule has 1 aromatic rings. The Morgan fingerprint density at radius 1 is 1.33 bits per heavy atom. The standard InChI is InChI=1S/C25H37FN4O3/c1-16(2)23(31)17(3)22-19(20(27-6)8-10-29-22)15-28-13-18-12-21(32-7)24(30-14-18)33-11-9-25(4,5)26/h8,10,12,14-17,20,27-28H,9,11,13H2,1-7H3/b19-15+. The highest BCUT2D eigenvalue weighted by Crippen LogP contribution is 2.26. The Bertz CT molecular complexity index is 903. The van der Waals surface area contributed by atoms with E-state index in [4.69, 9.17) is 9.47 Å². The van der Waals surface area contributed by atoms with Gasteiger partial charge in [-0.25, -0.2) is 9.37 Å². The summed E-state index contributed by atoms with van der Waals surface area (Å²) in [6, 6.07) is 1.79. The maximum Gasteiger partial charge on any atom is 0.256 e. The van der Waals surface area contributed by atoms with E-state index < -0.39 is 5.67 Å². The van der Waals surface area contributed by atoms with Crippen LogP contribution in [0.2, 0.25) is 0 Å². The van der Waals surface area contributed by atoms with E-state index in [1.165, 1.54) is 13.8 Å². The second kappa shape index (κ2) is 11.9. The molecule has 2 rings (SSSR count). The van der Waals surface area contributed by atoms with Crippen molar-refractivity contribution in [3.05, 3.63) is 41.9 Å². The number of alkyl halides is 1. The number of hydrogen-bond acceptors (Lipinski definition) is 7. The molecule has 0 amide bonds. The number of likely N-dealkylation sites (N-methyl/N-ethyl adjacent to an activating group) is 1. The molecule has 7 nitrogen and oxygen atoms in total. The fourth-order valence-electron chi connectivity index (χ4n) is 3.45. The van der Waals surface area contributed by atoms with Crippen molar-refractivity contribution in [3.8, 4) is 11.6 Å². The largest absolute Gasteiger partial charge is 0.491 e. The third-order valence-corrected chi connectivity index (χ3v) is 5.43. The molecule has 0 saturated heterocycles. The van der Waals surface area contributed by atoms with Gasteiger partial charge < -0.3 is 20.1 Å². The van der Waals surface area contributed by atoms with Gasteiger partial charge in [-0.1, -0.05) is 13.8 Å². The van der Waals surface area contributed by atoms with E-state index >= 15 is 0 Å². The minimum Gasteiger partial charge on any atom is -0.491 e. The average Bonchev–Trinajstić information content (AvgIpc) is 2.77. The Morgan fingerprint density at radius 2 is 2.06 bits per heavy atom.